The van der Waals surface area contributed by atoms with Gasteiger partial charge in [0.15, 0.2) is 0 Å². The minimum absolute atomic E-state index is 0.0131. The number of carboxylic acids is 2. The van der Waals surface area contributed by atoms with Gasteiger partial charge in [-0.15, -0.1) is 0 Å². The topological polar surface area (TPSA) is 149 Å². The van der Waals surface area contributed by atoms with Crippen molar-refractivity contribution in [1.82, 2.24) is 0 Å². The van der Waals surface area contributed by atoms with E-state index in [0.29, 0.717) is 0 Å². The summed E-state index contributed by atoms with van der Waals surface area (Å²) in [7, 11) is 0. The lowest BCUT2D eigenvalue weighted by Crippen LogP contribution is -2.50. The molecule has 10 heteroatoms. The zero-order valence-electron chi connectivity index (χ0n) is 18.5. The largest absolute Gasteiger partial charge is 0.478 e. The van der Waals surface area contributed by atoms with Crippen molar-refractivity contribution in [3.05, 3.63) is 71.8 Å². The van der Waals surface area contributed by atoms with Gasteiger partial charge in [-0.1, -0.05) is 12.2 Å². The minimum Gasteiger partial charge on any atom is -0.478 e. The van der Waals surface area contributed by atoms with Crippen LogP contribution in [0.25, 0.3) is 0 Å². The number of hydrogen-bond acceptors (Lipinski definition) is 6. The first-order valence-electron chi connectivity index (χ1n) is 11.3. The van der Waals surface area contributed by atoms with Gasteiger partial charge in [-0.2, -0.15) is 0 Å². The van der Waals surface area contributed by atoms with E-state index in [0.717, 1.165) is 9.80 Å². The van der Waals surface area contributed by atoms with Crippen LogP contribution < -0.4 is 9.80 Å². The maximum absolute atomic E-state index is 13.5. The molecule has 3 aliphatic carbocycles. The van der Waals surface area contributed by atoms with Crippen LogP contribution in [0, 0.1) is 35.5 Å². The Bertz CT molecular complexity index is 1260. The monoisotopic (exact) mass is 486 g/mol. The van der Waals surface area contributed by atoms with E-state index in [1.54, 1.807) is 12.2 Å². The van der Waals surface area contributed by atoms with Gasteiger partial charge < -0.3 is 10.2 Å². The maximum Gasteiger partial charge on any atom is 0.335 e. The van der Waals surface area contributed by atoms with Gasteiger partial charge >= 0.3 is 11.9 Å². The highest BCUT2D eigenvalue weighted by atomic mass is 16.4. The van der Waals surface area contributed by atoms with Crippen molar-refractivity contribution < 1.29 is 39.0 Å². The molecule has 10 nitrogen and oxygen atoms in total. The van der Waals surface area contributed by atoms with Crippen molar-refractivity contribution in [2.24, 2.45) is 35.5 Å². The lowest BCUT2D eigenvalue weighted by molar-refractivity contribution is -0.137. The first kappa shape index (κ1) is 21.9. The Hall–Kier alpha value is -4.60. The molecule has 0 aromatic heterocycles. The third kappa shape index (κ3) is 2.78. The second-order valence-corrected chi connectivity index (χ2v) is 9.37. The van der Waals surface area contributed by atoms with E-state index in [1.165, 1.54) is 48.5 Å². The van der Waals surface area contributed by atoms with Gasteiger partial charge in [-0.05, 0) is 48.5 Å². The quantitative estimate of drug-likeness (QED) is 0.491. The zero-order chi connectivity index (χ0) is 25.5. The number of rotatable bonds is 4. The van der Waals surface area contributed by atoms with Gasteiger partial charge in [0, 0.05) is 11.8 Å². The molecule has 5 aliphatic rings. The molecule has 2 aromatic carbocycles. The number of anilines is 2. The van der Waals surface area contributed by atoms with Crippen molar-refractivity contribution in [1.29, 1.82) is 0 Å². The van der Waals surface area contributed by atoms with Gasteiger partial charge in [0.2, 0.25) is 23.6 Å². The predicted octanol–water partition coefficient (Wildman–Crippen LogP) is 1.81. The molecule has 6 atom stereocenters. The van der Waals surface area contributed by atoms with Crippen molar-refractivity contribution >= 4 is 46.9 Å². The van der Waals surface area contributed by atoms with Crippen LogP contribution in [-0.2, 0) is 19.2 Å². The smallest absolute Gasteiger partial charge is 0.335 e. The van der Waals surface area contributed by atoms with E-state index in [4.69, 9.17) is 10.2 Å². The standard InChI is InChI=1S/C26H18N2O8/c29-21-17-15-9-10-16(18(17)22(30)27(21)13-5-1-11(2-6-13)25(33)34)20-19(15)23(31)28(24(20)32)14-7-3-12(4-8-14)26(35)36/h1-10,15-20H,(H,33,34)(H,35,36)/t15?,16?,17-,18-,19+,20+. The average Bonchev–Trinajstić information content (AvgIpc) is 3.31. The van der Waals surface area contributed by atoms with Crippen molar-refractivity contribution in [3.8, 4) is 0 Å². The number of amides is 4. The van der Waals surface area contributed by atoms with Gasteiger partial charge in [0.1, 0.15) is 0 Å². The molecular formula is C26H18N2O8. The fourth-order valence-electron chi connectivity index (χ4n) is 6.24. The predicted molar refractivity (Wildman–Crippen MR) is 122 cm³/mol. The molecule has 180 valence electrons. The van der Waals surface area contributed by atoms with Crippen LogP contribution in [0.2, 0.25) is 0 Å². The van der Waals surface area contributed by atoms with Crippen LogP contribution in [0.5, 0.6) is 0 Å². The third-order valence-corrected chi connectivity index (χ3v) is 7.76. The molecule has 4 amide bonds. The molecule has 2 aromatic rings. The molecular weight excluding hydrogens is 468 g/mol. The summed E-state index contributed by atoms with van der Waals surface area (Å²) in [5, 5.41) is 18.2. The lowest BCUT2D eigenvalue weighted by atomic mass is 9.54. The van der Waals surface area contributed by atoms with Crippen molar-refractivity contribution in [2.45, 2.75) is 0 Å². The van der Waals surface area contributed by atoms with E-state index in [9.17, 15) is 28.8 Å². The summed E-state index contributed by atoms with van der Waals surface area (Å²) >= 11 is 0. The fourth-order valence-corrected chi connectivity index (χ4v) is 6.24. The number of aromatic carboxylic acids is 2. The number of allylic oxidation sites excluding steroid dienone is 2. The van der Waals surface area contributed by atoms with E-state index in [2.05, 4.69) is 0 Å². The second-order valence-electron chi connectivity index (χ2n) is 9.37. The Labute approximate surface area is 203 Å². The van der Waals surface area contributed by atoms with E-state index >= 15 is 0 Å². The highest BCUT2D eigenvalue weighted by Gasteiger charge is 2.68. The third-order valence-electron chi connectivity index (χ3n) is 7.76. The average molecular weight is 486 g/mol. The van der Waals surface area contributed by atoms with Crippen LogP contribution >= 0.6 is 0 Å². The Morgan fingerprint density at radius 3 is 1.06 bits per heavy atom. The summed E-state index contributed by atoms with van der Waals surface area (Å²) in [4.78, 5) is 78.3. The summed E-state index contributed by atoms with van der Waals surface area (Å²) in [6.45, 7) is 0. The fraction of sp³-hybridized carbons (Fsp3) is 0.231. The maximum atomic E-state index is 13.5. The molecule has 2 unspecified atom stereocenters. The molecule has 2 N–H and O–H groups in total. The number of nitrogens with zero attached hydrogens (tertiary/aromatic N) is 2. The number of carboxylic acid groups (broad SMARTS) is 2. The molecule has 0 radical (unpaired) electrons. The van der Waals surface area contributed by atoms with Crippen LogP contribution in [0.1, 0.15) is 20.7 Å². The summed E-state index contributed by atoms with van der Waals surface area (Å²) in [5.74, 6) is -8.70. The minimum atomic E-state index is -1.14. The Kier molecular flexibility index (Phi) is 4.53. The van der Waals surface area contributed by atoms with Gasteiger partial charge in [-0.25, -0.2) is 9.59 Å². The van der Waals surface area contributed by atoms with Crippen molar-refractivity contribution in [3.63, 3.8) is 0 Å². The van der Waals surface area contributed by atoms with Crippen LogP contribution in [0.3, 0.4) is 0 Å². The Morgan fingerprint density at radius 1 is 0.528 bits per heavy atom. The highest BCUT2D eigenvalue weighted by Crippen LogP contribution is 2.58. The van der Waals surface area contributed by atoms with Crippen molar-refractivity contribution in [2.75, 3.05) is 9.80 Å². The molecule has 36 heavy (non-hydrogen) atoms. The van der Waals surface area contributed by atoms with Gasteiger partial charge in [-0.3, -0.25) is 29.0 Å². The molecule has 3 fully saturated rings. The molecule has 2 saturated heterocycles. The van der Waals surface area contributed by atoms with E-state index in [1.807, 2.05) is 0 Å². The number of hydrogen-bond donors (Lipinski definition) is 2. The summed E-state index contributed by atoms with van der Waals surface area (Å²) in [6.07, 6.45) is 3.49. The lowest BCUT2D eigenvalue weighted by Gasteiger charge is -2.44. The SMILES string of the molecule is O=C(O)c1ccc(N2C(=O)[C@@H]3C4C=CC([C@H]3C2=O)[C@@H]2C(=O)N(c3ccc(C(=O)O)cc3)C(=O)[C@@H]42)cc1. The molecule has 1 saturated carbocycles. The summed E-state index contributed by atoms with van der Waals surface area (Å²) in [6, 6.07) is 10.8. The van der Waals surface area contributed by atoms with Crippen LogP contribution in [-0.4, -0.2) is 45.8 Å². The summed E-state index contributed by atoms with van der Waals surface area (Å²) in [5.41, 5.74) is 0.511. The zero-order valence-corrected chi connectivity index (χ0v) is 18.5. The van der Waals surface area contributed by atoms with Gasteiger partial charge in [0.25, 0.3) is 0 Å². The van der Waals surface area contributed by atoms with Crippen LogP contribution in [0.15, 0.2) is 60.7 Å². The number of benzene rings is 2. The van der Waals surface area contributed by atoms with E-state index < -0.39 is 71.1 Å². The molecule has 7 rings (SSSR count). The number of carbonyl (C=O) groups is 6. The van der Waals surface area contributed by atoms with E-state index in [-0.39, 0.29) is 22.5 Å². The molecule has 2 aliphatic heterocycles. The molecule has 2 bridgehead atoms. The first-order chi connectivity index (χ1) is 17.2. The Balaban J connectivity index is 1.34. The molecule has 2 heterocycles. The van der Waals surface area contributed by atoms with Crippen LogP contribution in [0.4, 0.5) is 11.4 Å². The molecule has 0 spiro atoms. The summed E-state index contributed by atoms with van der Waals surface area (Å²) < 4.78 is 0. The normalized spacial score (nSPS) is 30.1. The van der Waals surface area contributed by atoms with Gasteiger partial charge in [0.05, 0.1) is 46.2 Å². The highest BCUT2D eigenvalue weighted by molar-refractivity contribution is 6.26. The first-order valence-corrected chi connectivity index (χ1v) is 11.3. The number of imide groups is 2. The Morgan fingerprint density at radius 2 is 0.806 bits per heavy atom. The number of carbonyl (C=O) groups excluding carboxylic acids is 4. The second kappa shape index (κ2) is 7.45.